The summed E-state index contributed by atoms with van der Waals surface area (Å²) in [5, 5.41) is 9.92. The number of carbonyl (C=O) groups is 3. The molecule has 3 amide bonds. The molecule has 0 aliphatic carbocycles. The van der Waals surface area contributed by atoms with Gasteiger partial charge in [0.1, 0.15) is 6.54 Å². The van der Waals surface area contributed by atoms with Gasteiger partial charge in [0.2, 0.25) is 11.8 Å². The molecular formula is C26H21N5O3. The maximum Gasteiger partial charge on any atom is 0.258 e. The van der Waals surface area contributed by atoms with Gasteiger partial charge in [-0.15, -0.1) is 0 Å². The van der Waals surface area contributed by atoms with E-state index in [1.165, 1.54) is 4.90 Å². The van der Waals surface area contributed by atoms with Gasteiger partial charge >= 0.3 is 0 Å². The zero-order valence-corrected chi connectivity index (χ0v) is 18.1. The van der Waals surface area contributed by atoms with Crippen LogP contribution in [0.15, 0.2) is 91.3 Å². The van der Waals surface area contributed by atoms with Gasteiger partial charge < -0.3 is 10.6 Å². The lowest BCUT2D eigenvalue weighted by Crippen LogP contribution is -2.42. The summed E-state index contributed by atoms with van der Waals surface area (Å²) in [4.78, 5) is 39.0. The van der Waals surface area contributed by atoms with Gasteiger partial charge in [-0.25, -0.2) is 4.68 Å². The minimum Gasteiger partial charge on any atom is -0.326 e. The van der Waals surface area contributed by atoms with Crippen LogP contribution < -0.4 is 15.5 Å². The molecule has 0 saturated heterocycles. The second-order valence-corrected chi connectivity index (χ2v) is 7.89. The number of nitrogens with one attached hydrogen (secondary N) is 2. The predicted molar refractivity (Wildman–Crippen MR) is 129 cm³/mol. The number of carbonyl (C=O) groups excluding carboxylic acids is 3. The summed E-state index contributed by atoms with van der Waals surface area (Å²) in [5.74, 6) is -0.714. The third-order valence-electron chi connectivity index (χ3n) is 5.45. The van der Waals surface area contributed by atoms with Crippen LogP contribution in [-0.2, 0) is 16.0 Å². The van der Waals surface area contributed by atoms with Crippen LogP contribution in [0.25, 0.3) is 5.69 Å². The molecule has 34 heavy (non-hydrogen) atoms. The minimum absolute atomic E-state index is 0.0506. The van der Waals surface area contributed by atoms with Crippen LogP contribution in [0, 0.1) is 0 Å². The Bertz CT molecular complexity index is 1360. The van der Waals surface area contributed by atoms with E-state index in [1.54, 1.807) is 53.3 Å². The fraction of sp³-hybridized carbons (Fsp3) is 0.0769. The molecule has 3 aromatic carbocycles. The smallest absolute Gasteiger partial charge is 0.258 e. The minimum atomic E-state index is -0.284. The molecule has 4 aromatic rings. The number of anilines is 3. The topological polar surface area (TPSA) is 96.3 Å². The van der Waals surface area contributed by atoms with E-state index in [-0.39, 0.29) is 30.7 Å². The quantitative estimate of drug-likeness (QED) is 0.484. The van der Waals surface area contributed by atoms with Crippen molar-refractivity contribution < 1.29 is 14.4 Å². The largest absolute Gasteiger partial charge is 0.326 e. The Balaban J connectivity index is 1.23. The molecule has 168 valence electrons. The van der Waals surface area contributed by atoms with Crippen LogP contribution in [0.4, 0.5) is 17.1 Å². The van der Waals surface area contributed by atoms with Gasteiger partial charge in [-0.05, 0) is 54.1 Å². The molecule has 2 heterocycles. The number of fused-ring (bicyclic) bond motifs is 1. The summed E-state index contributed by atoms with van der Waals surface area (Å²) in [5.41, 5.74) is 3.96. The van der Waals surface area contributed by atoms with Crippen molar-refractivity contribution in [3.05, 3.63) is 102 Å². The Morgan fingerprint density at radius 2 is 1.68 bits per heavy atom. The molecule has 2 N–H and O–H groups in total. The lowest BCUT2D eigenvalue weighted by atomic mass is 10.1. The van der Waals surface area contributed by atoms with Gasteiger partial charge in [0, 0.05) is 17.4 Å². The number of nitrogens with zero attached hydrogens (tertiary/aromatic N) is 3. The molecule has 8 nitrogen and oxygen atoms in total. The molecule has 0 radical (unpaired) electrons. The van der Waals surface area contributed by atoms with Gasteiger partial charge in [0.15, 0.2) is 0 Å². The second kappa shape index (κ2) is 9.03. The number of hydrogen-bond acceptors (Lipinski definition) is 4. The number of benzene rings is 3. The third-order valence-corrected chi connectivity index (χ3v) is 5.45. The van der Waals surface area contributed by atoms with Crippen molar-refractivity contribution in [2.45, 2.75) is 6.42 Å². The third kappa shape index (κ3) is 4.42. The maximum absolute atomic E-state index is 13.1. The van der Waals surface area contributed by atoms with E-state index in [2.05, 4.69) is 15.7 Å². The Morgan fingerprint density at radius 3 is 2.47 bits per heavy atom. The van der Waals surface area contributed by atoms with E-state index in [4.69, 9.17) is 0 Å². The normalized spacial score (nSPS) is 12.6. The molecule has 0 spiro atoms. The SMILES string of the molecule is O=C(Cc1cnn(-c2ccccc2)c1)Nc1ccc(C(=O)N2CC(=O)Nc3ccccc32)cc1. The van der Waals surface area contributed by atoms with Crippen LogP contribution in [0.5, 0.6) is 0 Å². The van der Waals surface area contributed by atoms with Gasteiger partial charge in [-0.2, -0.15) is 5.10 Å². The van der Waals surface area contributed by atoms with E-state index in [1.807, 2.05) is 42.6 Å². The average Bonchev–Trinajstić information content (AvgIpc) is 3.32. The molecule has 0 atom stereocenters. The Kier molecular flexibility index (Phi) is 5.61. The van der Waals surface area contributed by atoms with Gasteiger partial charge in [-0.3, -0.25) is 19.3 Å². The Labute approximate surface area is 195 Å². The molecule has 1 aliphatic heterocycles. The molecule has 0 fully saturated rings. The van der Waals surface area contributed by atoms with Gasteiger partial charge in [-0.1, -0.05) is 30.3 Å². The van der Waals surface area contributed by atoms with Gasteiger partial charge in [0.05, 0.1) is 29.7 Å². The number of hydrogen-bond donors (Lipinski definition) is 2. The molecule has 1 aromatic heterocycles. The van der Waals surface area contributed by atoms with E-state index in [0.29, 0.717) is 22.6 Å². The monoisotopic (exact) mass is 451 g/mol. The molecule has 5 rings (SSSR count). The van der Waals surface area contributed by atoms with Crippen molar-refractivity contribution in [1.82, 2.24) is 9.78 Å². The van der Waals surface area contributed by atoms with Crippen LogP contribution in [0.2, 0.25) is 0 Å². The summed E-state index contributed by atoms with van der Waals surface area (Å²) >= 11 is 0. The number of aromatic nitrogens is 2. The van der Waals surface area contributed by atoms with Crippen LogP contribution in [-0.4, -0.2) is 34.0 Å². The first-order chi connectivity index (χ1) is 16.6. The summed E-state index contributed by atoms with van der Waals surface area (Å²) in [6.07, 6.45) is 3.66. The average molecular weight is 451 g/mol. The highest BCUT2D eigenvalue weighted by atomic mass is 16.2. The molecular weight excluding hydrogens is 430 g/mol. The maximum atomic E-state index is 13.1. The highest BCUT2D eigenvalue weighted by Gasteiger charge is 2.27. The number of rotatable bonds is 5. The highest BCUT2D eigenvalue weighted by Crippen LogP contribution is 2.30. The molecule has 0 bridgehead atoms. The molecule has 1 aliphatic rings. The zero-order valence-electron chi connectivity index (χ0n) is 18.1. The lowest BCUT2D eigenvalue weighted by Gasteiger charge is -2.29. The molecule has 0 unspecified atom stereocenters. The van der Waals surface area contributed by atoms with Crippen molar-refractivity contribution in [3.8, 4) is 5.69 Å². The first-order valence-corrected chi connectivity index (χ1v) is 10.8. The second-order valence-electron chi connectivity index (χ2n) is 7.89. The molecule has 0 saturated carbocycles. The lowest BCUT2D eigenvalue weighted by molar-refractivity contribution is -0.116. The van der Waals surface area contributed by atoms with Crippen LogP contribution in [0.1, 0.15) is 15.9 Å². The standard InChI is InChI=1S/C26H21N5O3/c32-24(14-18-15-27-31(16-18)21-6-2-1-3-7-21)28-20-12-10-19(11-13-20)26(34)30-17-25(33)29-22-8-4-5-9-23(22)30/h1-13,15-16H,14,17H2,(H,28,32)(H,29,33). The summed E-state index contributed by atoms with van der Waals surface area (Å²) < 4.78 is 1.72. The predicted octanol–water partition coefficient (Wildman–Crippen LogP) is 3.65. The number of para-hydroxylation sites is 3. The van der Waals surface area contributed by atoms with Crippen molar-refractivity contribution >= 4 is 34.8 Å². The Hall–Kier alpha value is -4.72. The fourth-order valence-corrected chi connectivity index (χ4v) is 3.83. The van der Waals surface area contributed by atoms with E-state index < -0.39 is 0 Å². The van der Waals surface area contributed by atoms with E-state index in [9.17, 15) is 14.4 Å². The zero-order chi connectivity index (χ0) is 23.5. The molecule has 8 heteroatoms. The summed E-state index contributed by atoms with van der Waals surface area (Å²) in [6.45, 7) is -0.0506. The highest BCUT2D eigenvalue weighted by molar-refractivity contribution is 6.15. The van der Waals surface area contributed by atoms with Crippen LogP contribution >= 0.6 is 0 Å². The van der Waals surface area contributed by atoms with Crippen LogP contribution in [0.3, 0.4) is 0 Å². The van der Waals surface area contributed by atoms with E-state index >= 15 is 0 Å². The van der Waals surface area contributed by atoms with Crippen molar-refractivity contribution in [2.75, 3.05) is 22.1 Å². The van der Waals surface area contributed by atoms with E-state index in [0.717, 1.165) is 11.3 Å². The van der Waals surface area contributed by atoms with Gasteiger partial charge in [0.25, 0.3) is 5.91 Å². The fourth-order valence-electron chi connectivity index (χ4n) is 3.83. The first kappa shape index (κ1) is 21.1. The summed E-state index contributed by atoms with van der Waals surface area (Å²) in [7, 11) is 0. The van der Waals surface area contributed by atoms with Crippen molar-refractivity contribution in [3.63, 3.8) is 0 Å². The Morgan fingerprint density at radius 1 is 0.941 bits per heavy atom. The van der Waals surface area contributed by atoms with Crippen molar-refractivity contribution in [1.29, 1.82) is 0 Å². The number of amides is 3. The first-order valence-electron chi connectivity index (χ1n) is 10.8. The summed E-state index contributed by atoms with van der Waals surface area (Å²) in [6, 6.07) is 23.5. The van der Waals surface area contributed by atoms with Crippen molar-refractivity contribution in [2.24, 2.45) is 0 Å².